The Bertz CT molecular complexity index is 2300. The van der Waals surface area contributed by atoms with E-state index in [0.29, 0.717) is 18.1 Å². The van der Waals surface area contributed by atoms with Crippen LogP contribution in [0.5, 0.6) is 0 Å². The van der Waals surface area contributed by atoms with Gasteiger partial charge in [0.15, 0.2) is 11.6 Å². The number of thiazole rings is 2. The number of ether oxygens (including phenoxy) is 1. The van der Waals surface area contributed by atoms with Crippen molar-refractivity contribution in [2.45, 2.75) is 45.4 Å². The van der Waals surface area contributed by atoms with Crippen molar-refractivity contribution in [2.75, 3.05) is 44.4 Å². The summed E-state index contributed by atoms with van der Waals surface area (Å²) < 4.78 is 7.85. The molecule has 0 spiro atoms. The average molecular weight is 705 g/mol. The van der Waals surface area contributed by atoms with Gasteiger partial charge in [0.2, 0.25) is 0 Å². The van der Waals surface area contributed by atoms with E-state index in [1.54, 1.807) is 22.7 Å². The van der Waals surface area contributed by atoms with Crippen LogP contribution in [0.25, 0.3) is 53.4 Å². The minimum atomic E-state index is 0.172. The first-order chi connectivity index (χ1) is 24.5. The van der Waals surface area contributed by atoms with Crippen molar-refractivity contribution < 1.29 is 9.84 Å². The Morgan fingerprint density at radius 2 is 1.22 bits per heavy atom. The summed E-state index contributed by atoms with van der Waals surface area (Å²) in [7, 11) is 0. The fourth-order valence-corrected chi connectivity index (χ4v) is 8.32. The average Bonchev–Trinajstić information content (AvgIpc) is 3.96. The molecule has 2 aromatic carbocycles. The van der Waals surface area contributed by atoms with Gasteiger partial charge in [-0.3, -0.25) is 9.98 Å². The van der Waals surface area contributed by atoms with Gasteiger partial charge in [0.25, 0.3) is 0 Å². The molecular formula is C38H40N8O2S2. The third kappa shape index (κ3) is 7.29. The second-order valence-corrected chi connectivity index (χ2v) is 14.5. The molecule has 256 valence electrons. The topological polar surface area (TPSA) is 158 Å². The maximum atomic E-state index is 8.99. The molecule has 2 aliphatic rings. The first-order valence-electron chi connectivity index (χ1n) is 17.1. The number of unbranched alkanes of at least 4 members (excludes halogenated alkanes) is 1. The summed E-state index contributed by atoms with van der Waals surface area (Å²) in [5, 5.41) is 13.3. The van der Waals surface area contributed by atoms with E-state index >= 15 is 0 Å². The Kier molecular flexibility index (Phi) is 10.5. The number of anilines is 2. The van der Waals surface area contributed by atoms with Crippen LogP contribution >= 0.6 is 22.7 Å². The molecule has 12 heteroatoms. The molecule has 0 saturated carbocycles. The molecule has 10 nitrogen and oxygen atoms in total. The van der Waals surface area contributed by atoms with Gasteiger partial charge >= 0.3 is 0 Å². The number of hydrogen-bond acceptors (Lipinski definition) is 12. The number of nitrogens with zero attached hydrogens (tertiary/aromatic N) is 6. The van der Waals surface area contributed by atoms with Crippen molar-refractivity contribution in [2.24, 2.45) is 9.98 Å². The molecule has 6 aromatic rings. The highest BCUT2D eigenvalue weighted by Crippen LogP contribution is 2.36. The Balaban J connectivity index is 0.000000159. The van der Waals surface area contributed by atoms with Crippen LogP contribution in [-0.2, 0) is 17.6 Å². The maximum absolute atomic E-state index is 8.99. The van der Waals surface area contributed by atoms with E-state index in [9.17, 15) is 0 Å². The van der Waals surface area contributed by atoms with Crippen LogP contribution in [0.2, 0.25) is 0 Å². The van der Waals surface area contributed by atoms with Crippen LogP contribution in [0.1, 0.15) is 53.7 Å². The normalized spacial score (nSPS) is 13.9. The molecule has 0 amide bonds. The van der Waals surface area contributed by atoms with Crippen LogP contribution in [0, 0.1) is 0 Å². The van der Waals surface area contributed by atoms with E-state index in [0.717, 1.165) is 115 Å². The lowest BCUT2D eigenvalue weighted by atomic mass is 10.0. The fourth-order valence-electron chi connectivity index (χ4n) is 6.02. The van der Waals surface area contributed by atoms with Crippen molar-refractivity contribution in [3.63, 3.8) is 0 Å². The summed E-state index contributed by atoms with van der Waals surface area (Å²) in [5.74, 6) is 0.973. The number of rotatable bonds is 12. The lowest BCUT2D eigenvalue weighted by Gasteiger charge is -2.05. The van der Waals surface area contributed by atoms with Crippen molar-refractivity contribution in [1.29, 1.82) is 0 Å². The summed E-state index contributed by atoms with van der Waals surface area (Å²) in [4.78, 5) is 27.0. The van der Waals surface area contributed by atoms with Gasteiger partial charge in [-0.25, -0.2) is 19.9 Å². The molecule has 0 saturated heterocycles. The molecule has 8 rings (SSSR count). The molecule has 2 aliphatic heterocycles. The number of nitrogens with two attached hydrogens (primary N) is 2. The van der Waals surface area contributed by atoms with Gasteiger partial charge < -0.3 is 21.3 Å². The van der Waals surface area contributed by atoms with Gasteiger partial charge in [0.05, 0.1) is 43.5 Å². The van der Waals surface area contributed by atoms with Crippen LogP contribution in [0.4, 0.5) is 11.6 Å². The number of aryl methyl sites for hydroxylation is 2. The molecule has 0 radical (unpaired) electrons. The second-order valence-electron chi connectivity index (χ2n) is 12.3. The number of aliphatic imine (C=N–C) groups is 2. The number of allylic oxidation sites excluding steroid dienone is 2. The van der Waals surface area contributed by atoms with E-state index in [4.69, 9.17) is 26.3 Å². The highest BCUT2D eigenvalue weighted by Gasteiger charge is 2.16. The molecule has 4 aromatic heterocycles. The van der Waals surface area contributed by atoms with Gasteiger partial charge in [-0.2, -0.15) is 0 Å². The summed E-state index contributed by atoms with van der Waals surface area (Å²) in [6, 6.07) is 12.6. The number of pyridine rings is 2. The third-order valence-corrected chi connectivity index (χ3v) is 11.0. The fraction of sp³-hybridized carbons (Fsp3) is 0.316. The summed E-state index contributed by atoms with van der Waals surface area (Å²) in [5.41, 5.74) is 20.4. The second kappa shape index (κ2) is 15.5. The number of fused-ring (bicyclic) bond motifs is 6. The van der Waals surface area contributed by atoms with E-state index in [-0.39, 0.29) is 6.61 Å². The van der Waals surface area contributed by atoms with Crippen molar-refractivity contribution in [3.8, 4) is 0 Å². The van der Waals surface area contributed by atoms with E-state index in [2.05, 4.69) is 74.3 Å². The molecule has 0 atom stereocenters. The van der Waals surface area contributed by atoms with Gasteiger partial charge in [-0.15, -0.1) is 22.7 Å². The number of benzene rings is 2. The maximum Gasteiger partial charge on any atom is 0.151 e. The first-order valence-corrected chi connectivity index (χ1v) is 18.7. The van der Waals surface area contributed by atoms with Gasteiger partial charge in [-0.05, 0) is 65.8 Å². The van der Waals surface area contributed by atoms with Gasteiger partial charge in [-0.1, -0.05) is 37.6 Å². The van der Waals surface area contributed by atoms with Gasteiger partial charge in [0.1, 0.15) is 11.0 Å². The van der Waals surface area contributed by atoms with Crippen LogP contribution in [-0.4, -0.2) is 70.4 Å². The Labute approximate surface area is 298 Å². The zero-order chi connectivity index (χ0) is 34.5. The minimum Gasteiger partial charge on any atom is -0.396 e. The molecule has 50 heavy (non-hydrogen) atoms. The van der Waals surface area contributed by atoms with Gasteiger partial charge in [0, 0.05) is 55.9 Å². The smallest absolute Gasteiger partial charge is 0.151 e. The SMILES string of the molecule is CCCCOCCCc1nc2c(N)nc3cc(C4=CC=NC4)ccc3c2s1.Nc1nc2cc(C3=CC=NC3)ccc2c2sc(CCCO)nc12. The van der Waals surface area contributed by atoms with E-state index in [1.807, 2.05) is 18.5 Å². The molecule has 5 N–H and O–H groups in total. The summed E-state index contributed by atoms with van der Waals surface area (Å²) in [6.45, 7) is 5.43. The molecule has 0 bridgehead atoms. The number of aliphatic hydroxyl groups excluding tert-OH is 1. The predicted octanol–water partition coefficient (Wildman–Crippen LogP) is 7.46. The molecule has 0 aliphatic carbocycles. The third-order valence-electron chi connectivity index (χ3n) is 8.69. The Morgan fingerprint density at radius 3 is 1.70 bits per heavy atom. The van der Waals surface area contributed by atoms with E-state index in [1.165, 1.54) is 17.6 Å². The molecule has 0 unspecified atom stereocenters. The van der Waals surface area contributed by atoms with E-state index < -0.39 is 0 Å². The quantitative estimate of drug-likeness (QED) is 0.111. The zero-order valence-corrected chi connectivity index (χ0v) is 29.7. The number of aliphatic hydroxyl groups is 1. The Morgan fingerprint density at radius 1 is 0.700 bits per heavy atom. The lowest BCUT2D eigenvalue weighted by Crippen LogP contribution is -1.98. The Hall–Kier alpha value is -4.62. The molecular weight excluding hydrogens is 665 g/mol. The standard InChI is InChI=1S/C21H24N4OS.C17H16N4OS/c1-2-3-10-26-11-4-5-18-25-19-20(27-18)16-7-6-14(15-8-9-23-13-15)12-17(16)24-21(19)22;18-17-15-16(23-14(21-15)2-1-7-22)12-4-3-10(8-13(12)20-17)11-5-6-19-9-11/h6-9,12H,2-5,10-11,13H2,1H3,(H2,22,24);3-6,8,22H,1-2,7,9H2,(H2,18,20). The minimum absolute atomic E-state index is 0.172. The van der Waals surface area contributed by atoms with Crippen molar-refractivity contribution >= 4 is 100 Å². The first kappa shape index (κ1) is 33.9. The monoisotopic (exact) mass is 704 g/mol. The van der Waals surface area contributed by atoms with Crippen molar-refractivity contribution in [1.82, 2.24) is 19.9 Å². The van der Waals surface area contributed by atoms with Crippen LogP contribution in [0.3, 0.4) is 0 Å². The largest absolute Gasteiger partial charge is 0.396 e. The van der Waals surface area contributed by atoms with Crippen LogP contribution < -0.4 is 11.5 Å². The number of aromatic nitrogens is 4. The summed E-state index contributed by atoms with van der Waals surface area (Å²) >= 11 is 3.36. The number of nitrogen functional groups attached to an aromatic ring is 2. The molecule has 6 heterocycles. The lowest BCUT2D eigenvalue weighted by molar-refractivity contribution is 0.129. The van der Waals surface area contributed by atoms with Crippen LogP contribution in [0.15, 0.2) is 58.5 Å². The molecule has 0 fully saturated rings. The predicted molar refractivity (Wildman–Crippen MR) is 211 cm³/mol. The highest BCUT2D eigenvalue weighted by atomic mass is 32.1. The highest BCUT2D eigenvalue weighted by molar-refractivity contribution is 7.20. The number of hydrogen-bond donors (Lipinski definition) is 3. The van der Waals surface area contributed by atoms with Crippen molar-refractivity contribution in [3.05, 3.63) is 69.7 Å². The summed E-state index contributed by atoms with van der Waals surface area (Å²) in [6.07, 6.45) is 13.4. The zero-order valence-electron chi connectivity index (χ0n) is 28.1.